The van der Waals surface area contributed by atoms with Gasteiger partial charge < -0.3 is 9.64 Å². The molecule has 1 aliphatic rings. The highest BCUT2D eigenvalue weighted by Crippen LogP contribution is 2.23. The molecule has 3 rings (SSSR count). The number of aromatic nitrogens is 3. The second-order valence-corrected chi connectivity index (χ2v) is 5.44. The number of rotatable bonds is 4. The third-order valence-electron chi connectivity index (χ3n) is 3.44. The van der Waals surface area contributed by atoms with Crippen LogP contribution >= 0.6 is 0 Å². The van der Waals surface area contributed by atoms with Crippen molar-refractivity contribution in [3.8, 4) is 5.75 Å². The molecule has 0 spiro atoms. The molecule has 0 saturated carbocycles. The highest BCUT2D eigenvalue weighted by molar-refractivity contribution is 5.94. The van der Waals surface area contributed by atoms with Gasteiger partial charge in [0.2, 0.25) is 0 Å². The number of carbonyl (C=O) groups excluding carboxylic acids is 1. The van der Waals surface area contributed by atoms with Crippen LogP contribution in [-0.2, 0) is 0 Å². The van der Waals surface area contributed by atoms with Crippen LogP contribution in [0.15, 0.2) is 36.7 Å². The van der Waals surface area contributed by atoms with Gasteiger partial charge in [0.25, 0.3) is 5.91 Å². The Balaban J connectivity index is 1.59. The molecule has 6 heteroatoms. The lowest BCUT2D eigenvalue weighted by atomic mass is 10.1. The van der Waals surface area contributed by atoms with Crippen LogP contribution in [0.5, 0.6) is 5.75 Å². The zero-order valence-corrected chi connectivity index (χ0v) is 12.1. The van der Waals surface area contributed by atoms with Crippen LogP contribution in [0.1, 0.15) is 30.2 Å². The van der Waals surface area contributed by atoms with Crippen LogP contribution in [0.25, 0.3) is 0 Å². The maximum atomic E-state index is 12.3. The Labute approximate surface area is 123 Å². The topological polar surface area (TPSA) is 60.2 Å². The lowest BCUT2D eigenvalue weighted by Crippen LogP contribution is -2.50. The maximum absolute atomic E-state index is 12.3. The van der Waals surface area contributed by atoms with E-state index in [2.05, 4.69) is 10.3 Å². The molecule has 110 valence electrons. The van der Waals surface area contributed by atoms with E-state index < -0.39 is 0 Å². The minimum absolute atomic E-state index is 0.0439. The van der Waals surface area contributed by atoms with Crippen LogP contribution in [0, 0.1) is 0 Å². The fourth-order valence-corrected chi connectivity index (χ4v) is 2.33. The van der Waals surface area contributed by atoms with Crippen LogP contribution in [-0.4, -0.2) is 45.0 Å². The molecule has 0 atom stereocenters. The third kappa shape index (κ3) is 2.89. The Morgan fingerprint density at radius 2 is 2.00 bits per heavy atom. The predicted molar refractivity (Wildman–Crippen MR) is 77.2 cm³/mol. The predicted octanol–water partition coefficient (Wildman–Crippen LogP) is 1.76. The molecule has 1 aromatic carbocycles. The zero-order chi connectivity index (χ0) is 14.8. The molecule has 1 fully saturated rings. The second kappa shape index (κ2) is 5.55. The summed E-state index contributed by atoms with van der Waals surface area (Å²) in [6.07, 6.45) is 3.60. The minimum Gasteiger partial charge on any atom is -0.491 e. The number of benzene rings is 1. The monoisotopic (exact) mass is 286 g/mol. The molecule has 1 aromatic heterocycles. The van der Waals surface area contributed by atoms with Gasteiger partial charge in [-0.05, 0) is 38.1 Å². The van der Waals surface area contributed by atoms with Crippen molar-refractivity contribution >= 4 is 5.91 Å². The van der Waals surface area contributed by atoms with E-state index in [4.69, 9.17) is 4.74 Å². The molecule has 6 nitrogen and oxygen atoms in total. The van der Waals surface area contributed by atoms with Crippen molar-refractivity contribution < 1.29 is 9.53 Å². The minimum atomic E-state index is 0.0439. The zero-order valence-electron chi connectivity index (χ0n) is 12.1. The van der Waals surface area contributed by atoms with Crippen molar-refractivity contribution in [2.75, 3.05) is 13.1 Å². The Bertz CT molecular complexity index is 601. The van der Waals surface area contributed by atoms with Gasteiger partial charge in [-0.1, -0.05) is 5.21 Å². The summed E-state index contributed by atoms with van der Waals surface area (Å²) in [5, 5.41) is 7.74. The highest BCUT2D eigenvalue weighted by atomic mass is 16.5. The Kier molecular flexibility index (Phi) is 3.60. The normalized spacial score (nSPS) is 15.1. The Morgan fingerprint density at radius 3 is 2.57 bits per heavy atom. The van der Waals surface area contributed by atoms with Gasteiger partial charge in [0.1, 0.15) is 5.75 Å². The van der Waals surface area contributed by atoms with Gasteiger partial charge in [-0.3, -0.25) is 4.79 Å². The van der Waals surface area contributed by atoms with E-state index in [-0.39, 0.29) is 18.1 Å². The molecule has 1 saturated heterocycles. The van der Waals surface area contributed by atoms with Crippen LogP contribution < -0.4 is 4.74 Å². The van der Waals surface area contributed by atoms with Gasteiger partial charge in [-0.25, -0.2) is 4.68 Å². The van der Waals surface area contributed by atoms with Gasteiger partial charge in [-0.2, -0.15) is 0 Å². The molecule has 0 aliphatic carbocycles. The number of nitrogens with zero attached hydrogens (tertiary/aromatic N) is 4. The van der Waals surface area contributed by atoms with Crippen molar-refractivity contribution in [2.45, 2.75) is 26.0 Å². The van der Waals surface area contributed by atoms with Crippen LogP contribution in [0.3, 0.4) is 0 Å². The number of amides is 1. The quantitative estimate of drug-likeness (QED) is 0.859. The largest absolute Gasteiger partial charge is 0.491 e. The summed E-state index contributed by atoms with van der Waals surface area (Å²) in [6, 6.07) is 7.52. The summed E-state index contributed by atoms with van der Waals surface area (Å²) in [6.45, 7) is 5.30. The van der Waals surface area contributed by atoms with Gasteiger partial charge in [0.05, 0.1) is 18.3 Å². The molecule has 1 aliphatic heterocycles. The van der Waals surface area contributed by atoms with Crippen molar-refractivity contribution in [2.24, 2.45) is 0 Å². The van der Waals surface area contributed by atoms with Gasteiger partial charge in [0, 0.05) is 24.8 Å². The summed E-state index contributed by atoms with van der Waals surface area (Å²) in [5.41, 5.74) is 0.683. The summed E-state index contributed by atoms with van der Waals surface area (Å²) in [5.74, 6) is 0.827. The van der Waals surface area contributed by atoms with E-state index in [1.165, 1.54) is 0 Å². The van der Waals surface area contributed by atoms with Crippen molar-refractivity contribution in [3.05, 3.63) is 42.2 Å². The number of carbonyl (C=O) groups is 1. The van der Waals surface area contributed by atoms with Crippen LogP contribution in [0.4, 0.5) is 0 Å². The van der Waals surface area contributed by atoms with E-state index in [9.17, 15) is 4.79 Å². The standard InChI is InChI=1S/C15H18N4O2/c1-11(2)21-14-5-3-12(4-6-14)15(20)18-9-13(10-18)19-8-7-16-17-19/h3-8,11,13H,9-10H2,1-2H3. The summed E-state index contributed by atoms with van der Waals surface area (Å²) < 4.78 is 7.37. The lowest BCUT2D eigenvalue weighted by molar-refractivity contribution is 0.0498. The van der Waals surface area contributed by atoms with Crippen molar-refractivity contribution in [1.82, 2.24) is 19.9 Å². The lowest BCUT2D eigenvalue weighted by Gasteiger charge is -2.38. The number of hydrogen-bond donors (Lipinski definition) is 0. The first kappa shape index (κ1) is 13.6. The molecule has 2 aromatic rings. The molecular weight excluding hydrogens is 268 g/mol. The van der Waals surface area contributed by atoms with E-state index in [1.807, 2.05) is 49.2 Å². The summed E-state index contributed by atoms with van der Waals surface area (Å²) in [4.78, 5) is 14.1. The van der Waals surface area contributed by atoms with E-state index in [0.717, 1.165) is 5.75 Å². The van der Waals surface area contributed by atoms with Crippen LogP contribution in [0.2, 0.25) is 0 Å². The van der Waals surface area contributed by atoms with E-state index in [1.54, 1.807) is 10.9 Å². The van der Waals surface area contributed by atoms with Gasteiger partial charge in [-0.15, -0.1) is 5.10 Å². The molecule has 2 heterocycles. The average molecular weight is 286 g/mol. The third-order valence-corrected chi connectivity index (χ3v) is 3.44. The van der Waals surface area contributed by atoms with Crippen molar-refractivity contribution in [1.29, 1.82) is 0 Å². The molecule has 21 heavy (non-hydrogen) atoms. The summed E-state index contributed by atoms with van der Waals surface area (Å²) >= 11 is 0. The first-order valence-corrected chi connectivity index (χ1v) is 7.05. The van der Waals surface area contributed by atoms with Crippen molar-refractivity contribution in [3.63, 3.8) is 0 Å². The van der Waals surface area contributed by atoms with Gasteiger partial charge >= 0.3 is 0 Å². The molecule has 1 amide bonds. The smallest absolute Gasteiger partial charge is 0.254 e. The highest BCUT2D eigenvalue weighted by Gasteiger charge is 2.32. The number of likely N-dealkylation sites (tertiary alicyclic amines) is 1. The van der Waals surface area contributed by atoms with E-state index >= 15 is 0 Å². The SMILES string of the molecule is CC(C)Oc1ccc(C(=O)N2CC(n3ccnn3)C2)cc1. The fourth-order valence-electron chi connectivity index (χ4n) is 2.33. The maximum Gasteiger partial charge on any atom is 0.254 e. The van der Waals surface area contributed by atoms with E-state index in [0.29, 0.717) is 18.7 Å². The molecule has 0 unspecified atom stereocenters. The molecule has 0 N–H and O–H groups in total. The molecule has 0 radical (unpaired) electrons. The number of hydrogen-bond acceptors (Lipinski definition) is 4. The fraction of sp³-hybridized carbons (Fsp3) is 0.400. The summed E-state index contributed by atoms with van der Waals surface area (Å²) in [7, 11) is 0. The molecule has 0 bridgehead atoms. The molecular formula is C15H18N4O2. The van der Waals surface area contributed by atoms with Gasteiger partial charge in [0.15, 0.2) is 0 Å². The second-order valence-electron chi connectivity index (χ2n) is 5.44. The number of ether oxygens (including phenoxy) is 1. The Morgan fingerprint density at radius 1 is 1.29 bits per heavy atom. The average Bonchev–Trinajstić information content (AvgIpc) is 2.91. The first-order valence-electron chi connectivity index (χ1n) is 7.05. The first-order chi connectivity index (χ1) is 10.1. The Hall–Kier alpha value is -2.37.